The Kier molecular flexibility index (Phi) is 7.19. The van der Waals surface area contributed by atoms with E-state index in [1.165, 1.54) is 24.5 Å². The van der Waals surface area contributed by atoms with Crippen molar-refractivity contribution in [1.29, 1.82) is 0 Å². The molecule has 7 heteroatoms. The summed E-state index contributed by atoms with van der Waals surface area (Å²) in [5.41, 5.74) is 4.82. The fraction of sp³-hybridized carbons (Fsp3) is 0.348. The molecule has 1 aliphatic rings. The summed E-state index contributed by atoms with van der Waals surface area (Å²) < 4.78 is 0. The SMILES string of the molecule is CC[NH+](CC(=O)Nc1ccc(NC(C)=O)cc1)CC(=O)Nc1ccc2c(c1)CCC2. The average molecular weight is 410 g/mol. The van der Waals surface area contributed by atoms with E-state index >= 15 is 0 Å². The number of carbonyl (C=O) groups is 3. The number of nitrogens with one attached hydrogen (secondary N) is 4. The van der Waals surface area contributed by atoms with E-state index in [-0.39, 0.29) is 30.8 Å². The van der Waals surface area contributed by atoms with Crippen molar-refractivity contribution in [2.45, 2.75) is 33.1 Å². The highest BCUT2D eigenvalue weighted by molar-refractivity contribution is 5.94. The Labute approximate surface area is 176 Å². The van der Waals surface area contributed by atoms with Crippen LogP contribution in [0.1, 0.15) is 31.4 Å². The molecule has 2 aromatic rings. The summed E-state index contributed by atoms with van der Waals surface area (Å²) in [4.78, 5) is 36.8. The van der Waals surface area contributed by atoms with Gasteiger partial charge in [0.15, 0.2) is 13.1 Å². The molecule has 0 aliphatic heterocycles. The second-order valence-corrected chi connectivity index (χ2v) is 7.65. The number of quaternary nitrogens is 1. The predicted octanol–water partition coefficient (Wildman–Crippen LogP) is 1.62. The Morgan fingerprint density at radius 3 is 1.93 bits per heavy atom. The summed E-state index contributed by atoms with van der Waals surface area (Å²) in [7, 11) is 0. The molecule has 0 spiro atoms. The van der Waals surface area contributed by atoms with Crippen molar-refractivity contribution < 1.29 is 19.3 Å². The van der Waals surface area contributed by atoms with Crippen LogP contribution in [0.3, 0.4) is 0 Å². The maximum atomic E-state index is 12.4. The van der Waals surface area contributed by atoms with Gasteiger partial charge in [-0.25, -0.2) is 0 Å². The highest BCUT2D eigenvalue weighted by atomic mass is 16.2. The zero-order chi connectivity index (χ0) is 21.5. The lowest BCUT2D eigenvalue weighted by atomic mass is 10.1. The number of hydrogen-bond acceptors (Lipinski definition) is 3. The van der Waals surface area contributed by atoms with Crippen molar-refractivity contribution in [1.82, 2.24) is 0 Å². The highest BCUT2D eigenvalue weighted by Crippen LogP contribution is 2.24. The second kappa shape index (κ2) is 10.0. The van der Waals surface area contributed by atoms with Crippen molar-refractivity contribution in [2.24, 2.45) is 0 Å². The molecule has 0 saturated carbocycles. The van der Waals surface area contributed by atoms with Crippen molar-refractivity contribution in [3.8, 4) is 0 Å². The molecule has 4 N–H and O–H groups in total. The van der Waals surface area contributed by atoms with Gasteiger partial charge in [0.05, 0.1) is 6.54 Å². The molecule has 1 aliphatic carbocycles. The Balaban J connectivity index is 1.48. The topological polar surface area (TPSA) is 91.7 Å². The Morgan fingerprint density at radius 1 is 0.800 bits per heavy atom. The first-order valence-electron chi connectivity index (χ1n) is 10.4. The highest BCUT2D eigenvalue weighted by Gasteiger charge is 2.18. The zero-order valence-corrected chi connectivity index (χ0v) is 17.5. The lowest BCUT2D eigenvalue weighted by Gasteiger charge is -2.17. The summed E-state index contributed by atoms with van der Waals surface area (Å²) in [6.07, 6.45) is 3.35. The van der Waals surface area contributed by atoms with E-state index in [0.29, 0.717) is 17.9 Å². The molecule has 1 unspecified atom stereocenters. The normalized spacial score (nSPS) is 13.3. The first-order chi connectivity index (χ1) is 14.4. The summed E-state index contributed by atoms with van der Waals surface area (Å²) in [6.45, 7) is 4.47. The number of benzene rings is 2. The molecule has 158 valence electrons. The van der Waals surface area contributed by atoms with Gasteiger partial charge in [-0.3, -0.25) is 14.4 Å². The van der Waals surface area contributed by atoms with E-state index in [0.717, 1.165) is 23.4 Å². The fourth-order valence-corrected chi connectivity index (χ4v) is 3.67. The number of fused-ring (bicyclic) bond motifs is 1. The first kappa shape index (κ1) is 21.5. The minimum Gasteiger partial charge on any atom is -0.326 e. The van der Waals surface area contributed by atoms with Crippen LogP contribution in [0.5, 0.6) is 0 Å². The fourth-order valence-electron chi connectivity index (χ4n) is 3.67. The van der Waals surface area contributed by atoms with Crippen LogP contribution >= 0.6 is 0 Å². The van der Waals surface area contributed by atoms with E-state index in [1.54, 1.807) is 24.3 Å². The third-order valence-electron chi connectivity index (χ3n) is 5.19. The lowest BCUT2D eigenvalue weighted by molar-refractivity contribution is -0.881. The van der Waals surface area contributed by atoms with Gasteiger partial charge in [0, 0.05) is 24.0 Å². The summed E-state index contributed by atoms with van der Waals surface area (Å²) >= 11 is 0. The third kappa shape index (κ3) is 6.15. The van der Waals surface area contributed by atoms with Crippen LogP contribution in [0.15, 0.2) is 42.5 Å². The van der Waals surface area contributed by atoms with Gasteiger partial charge in [0.1, 0.15) is 0 Å². The number of anilines is 3. The number of aryl methyl sites for hydroxylation is 2. The van der Waals surface area contributed by atoms with Gasteiger partial charge in [-0.15, -0.1) is 0 Å². The third-order valence-corrected chi connectivity index (χ3v) is 5.19. The Morgan fingerprint density at radius 2 is 1.33 bits per heavy atom. The van der Waals surface area contributed by atoms with Crippen molar-refractivity contribution in [3.63, 3.8) is 0 Å². The van der Waals surface area contributed by atoms with Crippen molar-refractivity contribution in [2.75, 3.05) is 35.6 Å². The molecule has 0 fully saturated rings. The summed E-state index contributed by atoms with van der Waals surface area (Å²) in [5, 5.41) is 8.47. The molecule has 30 heavy (non-hydrogen) atoms. The molecule has 3 rings (SSSR count). The number of carbonyl (C=O) groups excluding carboxylic acids is 3. The largest absolute Gasteiger partial charge is 0.326 e. The lowest BCUT2D eigenvalue weighted by Crippen LogP contribution is -3.13. The molecule has 2 aromatic carbocycles. The number of rotatable bonds is 8. The zero-order valence-electron chi connectivity index (χ0n) is 17.5. The van der Waals surface area contributed by atoms with E-state index in [4.69, 9.17) is 0 Å². The van der Waals surface area contributed by atoms with Gasteiger partial charge in [-0.1, -0.05) is 6.07 Å². The van der Waals surface area contributed by atoms with E-state index in [9.17, 15) is 14.4 Å². The number of likely N-dealkylation sites (N-methyl/N-ethyl adjacent to an activating group) is 1. The van der Waals surface area contributed by atoms with Crippen LogP contribution in [0.2, 0.25) is 0 Å². The van der Waals surface area contributed by atoms with Gasteiger partial charge in [-0.05, 0) is 73.7 Å². The number of hydrogen-bond donors (Lipinski definition) is 4. The van der Waals surface area contributed by atoms with Crippen LogP contribution in [0, 0.1) is 0 Å². The molecule has 7 nitrogen and oxygen atoms in total. The van der Waals surface area contributed by atoms with Crippen LogP contribution < -0.4 is 20.9 Å². The first-order valence-corrected chi connectivity index (χ1v) is 10.4. The van der Waals surface area contributed by atoms with Gasteiger partial charge in [0.2, 0.25) is 5.91 Å². The maximum absolute atomic E-state index is 12.4. The standard InChI is InChI=1S/C23H28N4O3/c1-3-27(14-22(29)25-20-11-9-19(10-12-20)24-16(2)28)15-23(30)26-21-8-7-17-5-4-6-18(17)13-21/h7-13H,3-6,14-15H2,1-2H3,(H,24,28)(H,25,29)(H,26,30)/p+1. The monoisotopic (exact) mass is 409 g/mol. The van der Waals surface area contributed by atoms with E-state index in [2.05, 4.69) is 28.1 Å². The minimum atomic E-state index is -0.163. The van der Waals surface area contributed by atoms with Crippen molar-refractivity contribution in [3.05, 3.63) is 53.6 Å². The molecule has 0 radical (unpaired) electrons. The quantitative estimate of drug-likeness (QED) is 0.534. The van der Waals surface area contributed by atoms with E-state index < -0.39 is 0 Å². The van der Waals surface area contributed by atoms with Crippen molar-refractivity contribution >= 4 is 34.8 Å². The van der Waals surface area contributed by atoms with Crippen LogP contribution in [-0.2, 0) is 27.2 Å². The van der Waals surface area contributed by atoms with Crippen LogP contribution in [0.25, 0.3) is 0 Å². The molecule has 1 atom stereocenters. The van der Waals surface area contributed by atoms with Gasteiger partial charge in [-0.2, -0.15) is 0 Å². The smallest absolute Gasteiger partial charge is 0.279 e. The van der Waals surface area contributed by atoms with Crippen LogP contribution in [0.4, 0.5) is 17.1 Å². The Hall–Kier alpha value is -3.19. The molecule has 0 aromatic heterocycles. The molecular formula is C23H29N4O3+. The summed E-state index contributed by atoms with van der Waals surface area (Å²) in [6, 6.07) is 13.0. The molecule has 0 bridgehead atoms. The molecule has 0 heterocycles. The minimum absolute atomic E-state index is 0.0998. The summed E-state index contributed by atoms with van der Waals surface area (Å²) in [5.74, 6) is -0.408. The molecular weight excluding hydrogens is 380 g/mol. The van der Waals surface area contributed by atoms with Gasteiger partial charge in [0.25, 0.3) is 11.8 Å². The Bertz CT molecular complexity index is 925. The van der Waals surface area contributed by atoms with Gasteiger partial charge >= 0.3 is 0 Å². The maximum Gasteiger partial charge on any atom is 0.279 e. The average Bonchev–Trinajstić information content (AvgIpc) is 3.16. The predicted molar refractivity (Wildman–Crippen MR) is 118 cm³/mol. The number of amides is 3. The second-order valence-electron chi connectivity index (χ2n) is 7.65. The van der Waals surface area contributed by atoms with Crippen LogP contribution in [-0.4, -0.2) is 37.4 Å². The molecule has 0 saturated heterocycles. The molecule has 3 amide bonds. The van der Waals surface area contributed by atoms with E-state index in [1.807, 2.05) is 13.0 Å². The van der Waals surface area contributed by atoms with Gasteiger partial charge < -0.3 is 20.9 Å².